The van der Waals surface area contributed by atoms with Crippen LogP contribution in [0, 0.1) is 17.8 Å². The molecule has 2 aromatic rings. The quantitative estimate of drug-likeness (QED) is 0.405. The molecule has 34 heavy (non-hydrogen) atoms. The summed E-state index contributed by atoms with van der Waals surface area (Å²) >= 11 is 0. The summed E-state index contributed by atoms with van der Waals surface area (Å²) in [7, 11) is 1.52. The van der Waals surface area contributed by atoms with E-state index in [2.05, 4.69) is 0 Å². The first-order valence-corrected chi connectivity index (χ1v) is 11.5. The zero-order chi connectivity index (χ0) is 23.9. The molecule has 170 valence electrons. The molecule has 0 unspecified atom stereocenters. The molecule has 0 saturated carbocycles. The zero-order valence-electron chi connectivity index (χ0n) is 18.9. The number of nitrogens with zero attached hydrogens (tertiary/aromatic N) is 1. The van der Waals surface area contributed by atoms with Gasteiger partial charge >= 0.3 is 0 Å². The van der Waals surface area contributed by atoms with Gasteiger partial charge in [0.25, 0.3) is 0 Å². The predicted molar refractivity (Wildman–Crippen MR) is 125 cm³/mol. The van der Waals surface area contributed by atoms with Crippen molar-refractivity contribution in [2.24, 2.45) is 17.8 Å². The molecule has 4 aliphatic rings. The molecule has 0 bridgehead atoms. The number of imide groups is 1. The van der Waals surface area contributed by atoms with E-state index < -0.39 is 17.8 Å². The van der Waals surface area contributed by atoms with E-state index in [1.807, 2.05) is 30.3 Å². The minimum Gasteiger partial charge on any atom is -0.507 e. The maximum atomic E-state index is 13.3. The van der Waals surface area contributed by atoms with Crippen LogP contribution in [0.3, 0.4) is 0 Å². The third-order valence-electron chi connectivity index (χ3n) is 8.03. The van der Waals surface area contributed by atoms with Crippen molar-refractivity contribution < 1.29 is 24.3 Å². The molecule has 2 aromatic carbocycles. The van der Waals surface area contributed by atoms with Crippen LogP contribution in [0.1, 0.15) is 31.2 Å². The van der Waals surface area contributed by atoms with Gasteiger partial charge in [-0.05, 0) is 48.8 Å². The van der Waals surface area contributed by atoms with E-state index >= 15 is 0 Å². The SMILES string of the molecule is CC1=CC(=O)C2=C(C[C@@H]3C(=CC[C@@H]4C(=O)N(C)C(=O)[C@@H]43)[C@@H]2c2ccc(O)c3ccccc23)C1=O. The zero-order valence-corrected chi connectivity index (χ0v) is 18.9. The van der Waals surface area contributed by atoms with Gasteiger partial charge in [-0.2, -0.15) is 0 Å². The summed E-state index contributed by atoms with van der Waals surface area (Å²) in [6, 6.07) is 10.8. The molecule has 1 fully saturated rings. The Kier molecular flexibility index (Phi) is 4.34. The fourth-order valence-electron chi connectivity index (χ4n) is 6.45. The van der Waals surface area contributed by atoms with Crippen molar-refractivity contribution in [3.63, 3.8) is 0 Å². The lowest BCUT2D eigenvalue weighted by molar-refractivity contribution is -0.138. The van der Waals surface area contributed by atoms with Gasteiger partial charge in [0.15, 0.2) is 11.6 Å². The van der Waals surface area contributed by atoms with Gasteiger partial charge in [-0.3, -0.25) is 24.1 Å². The van der Waals surface area contributed by atoms with Crippen molar-refractivity contribution in [3.8, 4) is 5.75 Å². The fourth-order valence-corrected chi connectivity index (χ4v) is 6.45. The number of rotatable bonds is 1. The highest BCUT2D eigenvalue weighted by atomic mass is 16.3. The fraction of sp³-hybridized carbons (Fsp3) is 0.286. The molecule has 6 rings (SSSR count). The van der Waals surface area contributed by atoms with Crippen molar-refractivity contribution in [2.45, 2.75) is 25.7 Å². The first kappa shape index (κ1) is 20.8. The van der Waals surface area contributed by atoms with Crippen molar-refractivity contribution >= 4 is 34.2 Å². The Balaban J connectivity index is 1.62. The van der Waals surface area contributed by atoms with E-state index in [4.69, 9.17) is 0 Å². The predicted octanol–water partition coefficient (Wildman–Crippen LogP) is 3.60. The van der Waals surface area contributed by atoms with Crippen molar-refractivity contribution in [3.05, 3.63) is 76.4 Å². The van der Waals surface area contributed by atoms with Crippen LogP contribution in [-0.4, -0.2) is 40.4 Å². The standard InChI is InChI=1S/C28H23NO5/c1-13-11-22(31)25-20(26(13)32)12-19-17(7-8-18-24(19)28(34)29(2)27(18)33)23(25)16-9-10-21(30)15-6-4-3-5-14(15)16/h3-7,9-11,18-19,23-24,30H,8,12H2,1-2H3/t18-,19+,23-,24-/m0/s1. The molecule has 0 spiro atoms. The second-order valence-corrected chi connectivity index (χ2v) is 9.68. The summed E-state index contributed by atoms with van der Waals surface area (Å²) in [5.74, 6) is -2.45. The monoisotopic (exact) mass is 453 g/mol. The first-order valence-electron chi connectivity index (χ1n) is 11.5. The van der Waals surface area contributed by atoms with Crippen LogP contribution < -0.4 is 0 Å². The van der Waals surface area contributed by atoms with E-state index in [9.17, 15) is 24.3 Å². The molecule has 1 saturated heterocycles. The molecule has 4 atom stereocenters. The van der Waals surface area contributed by atoms with Gasteiger partial charge in [0.05, 0.1) is 11.8 Å². The van der Waals surface area contributed by atoms with Crippen molar-refractivity contribution in [2.75, 3.05) is 7.05 Å². The average molecular weight is 453 g/mol. The van der Waals surface area contributed by atoms with Crippen LogP contribution in [0.25, 0.3) is 10.8 Å². The topological polar surface area (TPSA) is 91.8 Å². The summed E-state index contributed by atoms with van der Waals surface area (Å²) in [5, 5.41) is 11.9. The number of carbonyl (C=O) groups excluding carboxylic acids is 4. The van der Waals surface area contributed by atoms with E-state index in [1.54, 1.807) is 19.1 Å². The van der Waals surface area contributed by atoms with Gasteiger partial charge in [-0.15, -0.1) is 0 Å². The molecule has 1 aliphatic heterocycles. The second-order valence-electron chi connectivity index (χ2n) is 9.68. The van der Waals surface area contributed by atoms with Gasteiger partial charge in [0, 0.05) is 35.1 Å². The third-order valence-corrected chi connectivity index (χ3v) is 8.03. The highest BCUT2D eigenvalue weighted by molar-refractivity contribution is 6.24. The number of fused-ring (bicyclic) bond motifs is 4. The Morgan fingerprint density at radius 2 is 1.68 bits per heavy atom. The van der Waals surface area contributed by atoms with E-state index in [-0.39, 0.29) is 41.5 Å². The Hall–Kier alpha value is -3.80. The number of hydrogen-bond donors (Lipinski definition) is 1. The number of ketones is 2. The molecule has 0 aromatic heterocycles. The minimum atomic E-state index is -0.536. The highest BCUT2D eigenvalue weighted by Gasteiger charge is 2.55. The van der Waals surface area contributed by atoms with Gasteiger partial charge < -0.3 is 5.11 Å². The van der Waals surface area contributed by atoms with Crippen LogP contribution in [0.2, 0.25) is 0 Å². The highest BCUT2D eigenvalue weighted by Crippen LogP contribution is 2.55. The Bertz CT molecular complexity index is 1440. The maximum Gasteiger partial charge on any atom is 0.233 e. The lowest BCUT2D eigenvalue weighted by atomic mass is 9.59. The largest absolute Gasteiger partial charge is 0.507 e. The Morgan fingerprint density at radius 3 is 2.44 bits per heavy atom. The molecule has 2 amide bonds. The molecule has 3 aliphatic carbocycles. The summed E-state index contributed by atoms with van der Waals surface area (Å²) in [6.45, 7) is 1.64. The lowest BCUT2D eigenvalue weighted by Crippen LogP contribution is -2.39. The van der Waals surface area contributed by atoms with Gasteiger partial charge in [-0.1, -0.05) is 42.0 Å². The van der Waals surface area contributed by atoms with E-state index in [0.717, 1.165) is 16.5 Å². The molecular weight excluding hydrogens is 430 g/mol. The number of phenols is 1. The summed E-state index contributed by atoms with van der Waals surface area (Å²) in [4.78, 5) is 53.7. The summed E-state index contributed by atoms with van der Waals surface area (Å²) in [6.07, 6.45) is 4.12. The minimum absolute atomic E-state index is 0.138. The number of phenolic OH excluding ortho intramolecular Hbond substituents is 1. The molecular formula is C28H23NO5. The molecule has 6 heteroatoms. The number of carbonyl (C=O) groups is 4. The molecule has 1 heterocycles. The number of hydrogen-bond acceptors (Lipinski definition) is 5. The normalized spacial score (nSPS) is 28.6. The number of allylic oxidation sites excluding steroid dienone is 6. The smallest absolute Gasteiger partial charge is 0.233 e. The summed E-state index contributed by atoms with van der Waals surface area (Å²) in [5.41, 5.74) is 3.03. The number of aromatic hydroxyl groups is 1. The lowest BCUT2D eigenvalue weighted by Gasteiger charge is -2.42. The number of likely N-dealkylation sites (tertiary alicyclic amines) is 1. The Labute approximate surface area is 196 Å². The molecule has 1 N–H and O–H groups in total. The van der Waals surface area contributed by atoms with Crippen LogP contribution in [0.5, 0.6) is 5.75 Å². The van der Waals surface area contributed by atoms with Crippen molar-refractivity contribution in [1.29, 1.82) is 0 Å². The van der Waals surface area contributed by atoms with Crippen LogP contribution in [0.4, 0.5) is 0 Å². The van der Waals surface area contributed by atoms with Crippen LogP contribution >= 0.6 is 0 Å². The molecule has 0 radical (unpaired) electrons. The number of Topliss-reactive ketones (excluding diaryl/α,β-unsaturated/α-hetero) is 1. The maximum absolute atomic E-state index is 13.3. The average Bonchev–Trinajstić information content (AvgIpc) is 3.06. The first-order chi connectivity index (χ1) is 16.3. The van der Waals surface area contributed by atoms with Gasteiger partial charge in [0.1, 0.15) is 5.75 Å². The van der Waals surface area contributed by atoms with Crippen LogP contribution in [0.15, 0.2) is 70.8 Å². The van der Waals surface area contributed by atoms with Gasteiger partial charge in [-0.25, -0.2) is 0 Å². The number of amides is 2. The molecule has 6 nitrogen and oxygen atoms in total. The van der Waals surface area contributed by atoms with Gasteiger partial charge in [0.2, 0.25) is 11.8 Å². The van der Waals surface area contributed by atoms with Crippen molar-refractivity contribution in [1.82, 2.24) is 4.90 Å². The van der Waals surface area contributed by atoms with E-state index in [1.165, 1.54) is 18.0 Å². The second kappa shape index (κ2) is 7.10. The van der Waals surface area contributed by atoms with Crippen LogP contribution in [-0.2, 0) is 19.2 Å². The number of benzene rings is 2. The third kappa shape index (κ3) is 2.62. The Morgan fingerprint density at radius 1 is 0.941 bits per heavy atom. The summed E-state index contributed by atoms with van der Waals surface area (Å²) < 4.78 is 0. The van der Waals surface area contributed by atoms with E-state index in [0.29, 0.717) is 28.5 Å².